The summed E-state index contributed by atoms with van der Waals surface area (Å²) in [5.41, 5.74) is 1.12. The van der Waals surface area contributed by atoms with Gasteiger partial charge >= 0.3 is 13.7 Å². The van der Waals surface area contributed by atoms with Crippen molar-refractivity contribution in [3.05, 3.63) is 35.9 Å². The number of fused-ring (bicyclic) bond motifs is 1. The van der Waals surface area contributed by atoms with E-state index in [1.54, 1.807) is 6.92 Å². The molecule has 0 saturated carbocycles. The second-order valence-electron chi connectivity index (χ2n) is 4.39. The Morgan fingerprint density at radius 3 is 2.86 bits per heavy atom. The summed E-state index contributed by atoms with van der Waals surface area (Å²) in [7, 11) is -3.57. The molecule has 2 aromatic rings. The molecule has 1 aromatic heterocycles. The standard InChI is InChI=1S/C12H14N5O3PS/c1-2-20-21(19)16-11(18)13-10-14-12(15-17(10)21)22-8-9-6-4-3-5-7-9/h3-7H,2,8H2,1H3,(H2,13,14,15,16,18,19). The molecule has 0 aliphatic carbocycles. The molecule has 1 aliphatic heterocycles. The fourth-order valence-electron chi connectivity index (χ4n) is 1.90. The maximum absolute atomic E-state index is 12.6. The highest BCUT2D eigenvalue weighted by Gasteiger charge is 2.38. The van der Waals surface area contributed by atoms with Gasteiger partial charge in [-0.3, -0.25) is 9.84 Å². The molecule has 22 heavy (non-hydrogen) atoms. The largest absolute Gasteiger partial charge is 0.420 e. The van der Waals surface area contributed by atoms with Crippen LogP contribution in [0.2, 0.25) is 0 Å². The van der Waals surface area contributed by atoms with Crippen LogP contribution in [0.5, 0.6) is 0 Å². The van der Waals surface area contributed by atoms with E-state index in [2.05, 4.69) is 20.5 Å². The number of urea groups is 1. The molecule has 0 bridgehead atoms. The first-order valence-corrected chi connectivity index (χ1v) is 9.15. The smallest absolute Gasteiger partial charge is 0.296 e. The molecule has 0 fully saturated rings. The maximum Gasteiger partial charge on any atom is 0.420 e. The molecule has 10 heteroatoms. The van der Waals surface area contributed by atoms with Crippen molar-refractivity contribution in [2.45, 2.75) is 17.8 Å². The van der Waals surface area contributed by atoms with Crippen molar-refractivity contribution in [3.8, 4) is 0 Å². The van der Waals surface area contributed by atoms with Gasteiger partial charge in [-0.25, -0.2) is 14.4 Å². The summed E-state index contributed by atoms with van der Waals surface area (Å²) in [6, 6.07) is 9.23. The molecule has 2 amide bonds. The third-order valence-electron chi connectivity index (χ3n) is 2.80. The topological polar surface area (TPSA) is 98.1 Å². The fourth-order valence-corrected chi connectivity index (χ4v) is 4.21. The molecule has 1 unspecified atom stereocenters. The highest BCUT2D eigenvalue weighted by molar-refractivity contribution is 7.98. The first-order chi connectivity index (χ1) is 10.6. The number of hydrogen-bond acceptors (Lipinski definition) is 6. The Morgan fingerprint density at radius 1 is 1.36 bits per heavy atom. The normalized spacial score (nSPS) is 20.1. The molecule has 2 N–H and O–H groups in total. The van der Waals surface area contributed by atoms with Gasteiger partial charge in [0.15, 0.2) is 0 Å². The predicted octanol–water partition coefficient (Wildman–Crippen LogP) is 2.70. The Bertz CT molecular complexity index is 736. The summed E-state index contributed by atoms with van der Waals surface area (Å²) >= 11 is 1.39. The Hall–Kier alpha value is -1.83. The zero-order chi connectivity index (χ0) is 15.6. The van der Waals surface area contributed by atoms with Crippen molar-refractivity contribution in [1.82, 2.24) is 19.6 Å². The molecule has 1 aliphatic rings. The average Bonchev–Trinajstić information content (AvgIpc) is 2.90. The third-order valence-corrected chi connectivity index (χ3v) is 5.58. The highest BCUT2D eigenvalue weighted by Crippen LogP contribution is 2.47. The van der Waals surface area contributed by atoms with Gasteiger partial charge in [0.25, 0.3) is 0 Å². The van der Waals surface area contributed by atoms with Gasteiger partial charge < -0.3 is 0 Å². The molecular weight excluding hydrogens is 325 g/mol. The van der Waals surface area contributed by atoms with E-state index in [1.807, 2.05) is 30.3 Å². The van der Waals surface area contributed by atoms with Crippen molar-refractivity contribution in [1.29, 1.82) is 0 Å². The monoisotopic (exact) mass is 339 g/mol. The van der Waals surface area contributed by atoms with E-state index in [0.717, 1.165) is 10.0 Å². The Kier molecular flexibility index (Phi) is 4.19. The number of benzene rings is 1. The van der Waals surface area contributed by atoms with Crippen molar-refractivity contribution < 1.29 is 13.9 Å². The number of anilines is 1. The highest BCUT2D eigenvalue weighted by atomic mass is 32.2. The summed E-state index contributed by atoms with van der Waals surface area (Å²) in [5.74, 6) is 0.793. The lowest BCUT2D eigenvalue weighted by Crippen LogP contribution is -2.36. The summed E-state index contributed by atoms with van der Waals surface area (Å²) in [6.45, 7) is 1.87. The number of thioether (sulfide) groups is 1. The van der Waals surface area contributed by atoms with Crippen LogP contribution in [-0.4, -0.2) is 27.2 Å². The van der Waals surface area contributed by atoms with E-state index in [-0.39, 0.29) is 12.6 Å². The van der Waals surface area contributed by atoms with Gasteiger partial charge in [-0.1, -0.05) is 42.1 Å². The van der Waals surface area contributed by atoms with Crippen LogP contribution in [0.25, 0.3) is 0 Å². The molecule has 1 aromatic carbocycles. The summed E-state index contributed by atoms with van der Waals surface area (Å²) in [6.07, 6.45) is 0. The minimum atomic E-state index is -3.57. The molecule has 2 heterocycles. The molecule has 1 atom stereocenters. The number of rotatable bonds is 5. The number of hydrogen-bond donors (Lipinski definition) is 2. The summed E-state index contributed by atoms with van der Waals surface area (Å²) < 4.78 is 18.9. The molecular formula is C12H14N5O3PS. The van der Waals surface area contributed by atoms with Crippen LogP contribution in [0, 0.1) is 0 Å². The second-order valence-corrected chi connectivity index (χ2v) is 7.23. The zero-order valence-electron chi connectivity index (χ0n) is 11.7. The van der Waals surface area contributed by atoms with Gasteiger partial charge in [-0.2, -0.15) is 4.98 Å². The van der Waals surface area contributed by atoms with Crippen LogP contribution in [0.15, 0.2) is 35.5 Å². The van der Waals surface area contributed by atoms with Crippen LogP contribution >= 0.6 is 19.4 Å². The zero-order valence-corrected chi connectivity index (χ0v) is 13.4. The van der Waals surface area contributed by atoms with Gasteiger partial charge in [0.2, 0.25) is 11.1 Å². The predicted molar refractivity (Wildman–Crippen MR) is 82.8 cm³/mol. The van der Waals surface area contributed by atoms with Crippen molar-refractivity contribution in [2.75, 3.05) is 11.9 Å². The number of carbonyl (C=O) groups is 1. The third kappa shape index (κ3) is 3.01. The second kappa shape index (κ2) is 6.12. The molecule has 8 nitrogen and oxygen atoms in total. The lowest BCUT2D eigenvalue weighted by molar-refractivity contribution is 0.250. The van der Waals surface area contributed by atoms with E-state index in [0.29, 0.717) is 10.9 Å². The summed E-state index contributed by atoms with van der Waals surface area (Å²) in [4.78, 5) is 15.7. The minimum Gasteiger partial charge on any atom is -0.296 e. The Labute approximate surface area is 131 Å². The quantitative estimate of drug-likeness (QED) is 0.642. The van der Waals surface area contributed by atoms with Gasteiger partial charge in [-0.15, -0.1) is 9.55 Å². The van der Waals surface area contributed by atoms with Crippen LogP contribution in [0.3, 0.4) is 0 Å². The number of nitrogens with one attached hydrogen (secondary N) is 2. The van der Waals surface area contributed by atoms with Gasteiger partial charge in [0.05, 0.1) is 6.61 Å². The van der Waals surface area contributed by atoms with Gasteiger partial charge in [-0.05, 0) is 12.5 Å². The molecule has 116 valence electrons. The van der Waals surface area contributed by atoms with E-state index in [4.69, 9.17) is 4.52 Å². The SMILES string of the molecule is CCOP1(=O)NC(=O)Nc2nc(SCc3ccccc3)nn21. The number of carbonyl (C=O) groups excluding carboxylic acids is 1. The molecule has 3 rings (SSSR count). The first-order valence-electron chi connectivity index (χ1n) is 6.59. The average molecular weight is 339 g/mol. The van der Waals surface area contributed by atoms with Crippen LogP contribution in [-0.2, 0) is 14.8 Å². The van der Waals surface area contributed by atoms with Crippen molar-refractivity contribution in [2.24, 2.45) is 0 Å². The van der Waals surface area contributed by atoms with E-state index in [1.165, 1.54) is 11.8 Å². The number of amides is 2. The molecule has 0 saturated heterocycles. The lowest BCUT2D eigenvalue weighted by Gasteiger charge is -2.23. The summed E-state index contributed by atoms with van der Waals surface area (Å²) in [5, 5.41) is 9.33. The minimum absolute atomic E-state index is 0.121. The van der Waals surface area contributed by atoms with Crippen LogP contribution < -0.4 is 10.4 Å². The lowest BCUT2D eigenvalue weighted by atomic mass is 10.2. The van der Waals surface area contributed by atoms with Gasteiger partial charge in [0, 0.05) is 5.75 Å². The maximum atomic E-state index is 12.6. The Morgan fingerprint density at radius 2 is 2.14 bits per heavy atom. The van der Waals surface area contributed by atoms with Gasteiger partial charge in [0.1, 0.15) is 0 Å². The molecule has 0 radical (unpaired) electrons. The Balaban J connectivity index is 1.82. The van der Waals surface area contributed by atoms with E-state index < -0.39 is 13.7 Å². The number of nitrogens with zero attached hydrogens (tertiary/aromatic N) is 3. The first kappa shape index (κ1) is 15.1. The van der Waals surface area contributed by atoms with Crippen molar-refractivity contribution >= 4 is 31.4 Å². The van der Waals surface area contributed by atoms with E-state index >= 15 is 0 Å². The van der Waals surface area contributed by atoms with Crippen LogP contribution in [0.4, 0.5) is 10.7 Å². The number of aromatic nitrogens is 3. The van der Waals surface area contributed by atoms with Crippen molar-refractivity contribution in [3.63, 3.8) is 0 Å². The fraction of sp³-hybridized carbons (Fsp3) is 0.250. The van der Waals surface area contributed by atoms with Crippen LogP contribution in [0.1, 0.15) is 12.5 Å². The van der Waals surface area contributed by atoms with E-state index in [9.17, 15) is 9.36 Å². The molecule has 0 spiro atoms.